The summed E-state index contributed by atoms with van der Waals surface area (Å²) in [5, 5.41) is 12.6. The molecule has 5 aromatic carbocycles. The Hall–Kier alpha value is -5.26. The van der Waals surface area contributed by atoms with Crippen molar-refractivity contribution in [1.82, 2.24) is 14.5 Å². The molecular formula is C43H41N3OSi. The minimum atomic E-state index is -1.65. The number of rotatable bonds is 6. The molecule has 0 aliphatic heterocycles. The Morgan fingerprint density at radius 2 is 1.29 bits per heavy atom. The molecule has 0 aliphatic carbocycles. The Morgan fingerprint density at radius 1 is 0.625 bits per heavy atom. The molecule has 4 nitrogen and oxygen atoms in total. The highest BCUT2D eigenvalue weighted by molar-refractivity contribution is 6.89. The normalized spacial score (nSPS) is 12.0. The third-order valence-corrected chi connectivity index (χ3v) is 11.1. The number of phenolic OH excluding ortho intramolecular Hbond substituents is 1. The van der Waals surface area contributed by atoms with Crippen LogP contribution in [0.25, 0.3) is 61.6 Å². The van der Waals surface area contributed by atoms with E-state index in [0.717, 1.165) is 44.7 Å². The van der Waals surface area contributed by atoms with Crippen molar-refractivity contribution < 1.29 is 5.11 Å². The molecular weight excluding hydrogens is 603 g/mol. The Morgan fingerprint density at radius 3 is 2.00 bits per heavy atom. The van der Waals surface area contributed by atoms with Crippen molar-refractivity contribution in [2.24, 2.45) is 0 Å². The lowest BCUT2D eigenvalue weighted by molar-refractivity contribution is 0.475. The Balaban J connectivity index is 1.41. The van der Waals surface area contributed by atoms with Crippen molar-refractivity contribution in [3.8, 4) is 56.3 Å². The molecule has 2 aromatic heterocycles. The Kier molecular flexibility index (Phi) is 7.88. The van der Waals surface area contributed by atoms with Gasteiger partial charge in [-0.05, 0) is 75.3 Å². The number of para-hydroxylation sites is 2. The van der Waals surface area contributed by atoms with E-state index in [9.17, 15) is 5.11 Å². The molecule has 0 unspecified atom stereocenters. The highest BCUT2D eigenvalue weighted by atomic mass is 28.3. The van der Waals surface area contributed by atoms with Gasteiger partial charge in [0.25, 0.3) is 0 Å². The minimum Gasteiger partial charge on any atom is -0.507 e. The van der Waals surface area contributed by atoms with Crippen LogP contribution in [0.1, 0.15) is 26.3 Å². The maximum Gasteiger partial charge on any atom is 0.149 e. The summed E-state index contributed by atoms with van der Waals surface area (Å²) in [6, 6.07) is 44.0. The molecule has 0 radical (unpaired) electrons. The number of pyridine rings is 1. The van der Waals surface area contributed by atoms with E-state index < -0.39 is 8.07 Å². The summed E-state index contributed by atoms with van der Waals surface area (Å²) in [5.74, 6) is 0.917. The van der Waals surface area contributed by atoms with Crippen LogP contribution in [0.15, 0.2) is 134 Å². The second-order valence-electron chi connectivity index (χ2n) is 14.6. The lowest BCUT2D eigenvalue weighted by Crippen LogP contribution is -2.39. The van der Waals surface area contributed by atoms with Crippen molar-refractivity contribution >= 4 is 24.3 Å². The Bertz CT molecular complexity index is 2260. The van der Waals surface area contributed by atoms with Crippen LogP contribution in [0.4, 0.5) is 0 Å². The van der Waals surface area contributed by atoms with Crippen molar-refractivity contribution in [2.75, 3.05) is 0 Å². The summed E-state index contributed by atoms with van der Waals surface area (Å²) in [6.07, 6.45) is 2.10. The van der Waals surface area contributed by atoms with Crippen LogP contribution in [-0.2, 0) is 5.41 Å². The van der Waals surface area contributed by atoms with Gasteiger partial charge in [-0.3, -0.25) is 9.55 Å². The van der Waals surface area contributed by atoms with E-state index in [-0.39, 0.29) is 11.2 Å². The molecule has 48 heavy (non-hydrogen) atoms. The van der Waals surface area contributed by atoms with E-state index in [1.165, 1.54) is 16.3 Å². The van der Waals surface area contributed by atoms with E-state index in [1.54, 1.807) is 6.07 Å². The van der Waals surface area contributed by atoms with E-state index in [0.29, 0.717) is 11.4 Å². The first kappa shape index (κ1) is 31.3. The van der Waals surface area contributed by atoms with E-state index in [2.05, 4.69) is 148 Å². The first-order chi connectivity index (χ1) is 23.0. The fraction of sp³-hybridized carbons (Fsp3) is 0.163. The summed E-state index contributed by atoms with van der Waals surface area (Å²) in [4.78, 5) is 10.3. The number of phenols is 1. The van der Waals surface area contributed by atoms with E-state index in [4.69, 9.17) is 9.97 Å². The average molecular weight is 644 g/mol. The smallest absolute Gasteiger partial charge is 0.149 e. The van der Waals surface area contributed by atoms with Crippen molar-refractivity contribution in [3.05, 3.63) is 139 Å². The topological polar surface area (TPSA) is 50.9 Å². The van der Waals surface area contributed by atoms with Crippen LogP contribution in [0.3, 0.4) is 0 Å². The SMILES string of the molecule is CC(C)(C)c1ccc(O)c(-c2nc3c(-c4cccc(-c5cc(-c6ccccc6)c([Si](C)(C)C)cn5)c4)cccc3n2-c2ccccc2)c1. The summed E-state index contributed by atoms with van der Waals surface area (Å²) in [7, 11) is -1.65. The molecule has 1 N–H and O–H groups in total. The van der Waals surface area contributed by atoms with Crippen LogP contribution in [0.2, 0.25) is 19.6 Å². The molecule has 0 saturated carbocycles. The minimum absolute atomic E-state index is 0.0840. The predicted molar refractivity (Wildman–Crippen MR) is 204 cm³/mol. The van der Waals surface area contributed by atoms with Crippen LogP contribution in [0.5, 0.6) is 5.75 Å². The van der Waals surface area contributed by atoms with Gasteiger partial charge in [-0.25, -0.2) is 4.98 Å². The molecule has 0 aliphatic rings. The lowest BCUT2D eigenvalue weighted by Gasteiger charge is -2.21. The molecule has 2 heterocycles. The predicted octanol–water partition coefficient (Wildman–Crippen LogP) is 10.6. The zero-order chi connectivity index (χ0) is 33.6. The number of aromatic nitrogens is 3. The summed E-state index contributed by atoms with van der Waals surface area (Å²) in [5.41, 5.74) is 11.2. The van der Waals surface area contributed by atoms with Gasteiger partial charge in [0.1, 0.15) is 11.6 Å². The molecule has 7 rings (SSSR count). The fourth-order valence-corrected chi connectivity index (χ4v) is 7.92. The van der Waals surface area contributed by atoms with Gasteiger partial charge in [0, 0.05) is 23.0 Å². The zero-order valence-electron chi connectivity index (χ0n) is 28.5. The van der Waals surface area contributed by atoms with Gasteiger partial charge >= 0.3 is 0 Å². The second-order valence-corrected chi connectivity index (χ2v) is 19.6. The first-order valence-corrected chi connectivity index (χ1v) is 20.1. The fourth-order valence-electron chi connectivity index (χ4n) is 6.45. The number of imidazole rings is 1. The van der Waals surface area contributed by atoms with Crippen molar-refractivity contribution in [3.63, 3.8) is 0 Å². The number of hydrogen-bond donors (Lipinski definition) is 1. The summed E-state index contributed by atoms with van der Waals surface area (Å²) < 4.78 is 2.16. The second kappa shape index (κ2) is 12.1. The molecule has 0 amide bonds. The van der Waals surface area contributed by atoms with Gasteiger partial charge in [-0.15, -0.1) is 0 Å². The van der Waals surface area contributed by atoms with Gasteiger partial charge in [-0.1, -0.05) is 125 Å². The molecule has 238 valence electrons. The monoisotopic (exact) mass is 643 g/mol. The van der Waals surface area contributed by atoms with Crippen LogP contribution >= 0.6 is 0 Å². The third-order valence-electron chi connectivity index (χ3n) is 9.07. The molecule has 0 fully saturated rings. The number of benzene rings is 5. The van der Waals surface area contributed by atoms with Gasteiger partial charge in [0.2, 0.25) is 0 Å². The number of nitrogens with zero attached hydrogens (tertiary/aromatic N) is 3. The number of aromatic hydroxyl groups is 1. The van der Waals surface area contributed by atoms with E-state index in [1.807, 2.05) is 24.3 Å². The van der Waals surface area contributed by atoms with E-state index >= 15 is 0 Å². The largest absolute Gasteiger partial charge is 0.507 e. The van der Waals surface area contributed by atoms with Gasteiger partial charge < -0.3 is 5.11 Å². The Labute approximate surface area is 284 Å². The molecule has 0 spiro atoms. The average Bonchev–Trinajstić information content (AvgIpc) is 3.48. The molecule has 0 bridgehead atoms. The highest BCUT2D eigenvalue weighted by Gasteiger charge is 2.24. The number of fused-ring (bicyclic) bond motifs is 1. The molecule has 5 heteroatoms. The quantitative estimate of drug-likeness (QED) is 0.184. The maximum atomic E-state index is 11.2. The first-order valence-electron chi connectivity index (χ1n) is 16.6. The van der Waals surface area contributed by atoms with Gasteiger partial charge in [0.05, 0.1) is 30.4 Å². The van der Waals surface area contributed by atoms with Crippen molar-refractivity contribution in [1.29, 1.82) is 0 Å². The molecule has 0 saturated heterocycles. The third kappa shape index (κ3) is 5.86. The molecule has 0 atom stereocenters. The molecule has 7 aromatic rings. The summed E-state index contributed by atoms with van der Waals surface area (Å²) in [6.45, 7) is 13.7. The van der Waals surface area contributed by atoms with Crippen LogP contribution in [0, 0.1) is 0 Å². The lowest BCUT2D eigenvalue weighted by atomic mass is 9.86. The number of hydrogen-bond acceptors (Lipinski definition) is 3. The van der Waals surface area contributed by atoms with Crippen LogP contribution < -0.4 is 5.19 Å². The maximum absolute atomic E-state index is 11.2. The summed E-state index contributed by atoms with van der Waals surface area (Å²) >= 11 is 0. The van der Waals surface area contributed by atoms with Crippen molar-refractivity contribution in [2.45, 2.75) is 45.8 Å². The van der Waals surface area contributed by atoms with Gasteiger partial charge in [0.15, 0.2) is 0 Å². The standard InChI is InChI=1S/C43H41N3OSi/c1-43(2,3)32-23-24-39(47)36(26-32)42-45-41-34(21-14-22-38(41)46(42)33-19-11-8-12-20-33)30-17-13-18-31(25-30)37-27-35(29-15-9-7-10-16-29)40(28-44-37)48(4,5)6/h7-28,47H,1-6H3. The van der Waals surface area contributed by atoms with Crippen LogP contribution in [-0.4, -0.2) is 27.7 Å². The zero-order valence-corrected chi connectivity index (χ0v) is 29.5. The van der Waals surface area contributed by atoms with Gasteiger partial charge in [-0.2, -0.15) is 0 Å². The highest BCUT2D eigenvalue weighted by Crippen LogP contribution is 2.39.